The monoisotopic (exact) mass is 438 g/mol. The van der Waals surface area contributed by atoms with Crippen molar-refractivity contribution in [3.63, 3.8) is 0 Å². The number of hydrogen-bond donors (Lipinski definition) is 0. The molecular formula is C25H16BBrO2. The maximum Gasteiger partial charge on any atom is 0.144 e. The summed E-state index contributed by atoms with van der Waals surface area (Å²) in [6.45, 7) is 0. The smallest absolute Gasteiger partial charge is 0.144 e. The molecule has 0 bridgehead atoms. The Morgan fingerprint density at radius 2 is 1.24 bits per heavy atom. The van der Waals surface area contributed by atoms with Crippen molar-refractivity contribution in [3.05, 3.63) is 112 Å². The number of hydrogen-bond acceptors (Lipinski definition) is 2. The first-order valence-electron chi connectivity index (χ1n) is 9.64. The van der Waals surface area contributed by atoms with Gasteiger partial charge in [0.05, 0.1) is 5.41 Å². The third-order valence-electron chi connectivity index (χ3n) is 5.98. The molecule has 0 amide bonds. The van der Waals surface area contributed by atoms with E-state index in [0.29, 0.717) is 0 Å². The minimum atomic E-state index is -0.499. The highest BCUT2D eigenvalue weighted by Crippen LogP contribution is 2.60. The van der Waals surface area contributed by atoms with E-state index in [1.807, 2.05) is 12.1 Å². The Balaban J connectivity index is 1.85. The van der Waals surface area contributed by atoms with Crippen LogP contribution in [0.1, 0.15) is 22.3 Å². The van der Waals surface area contributed by atoms with Crippen molar-refractivity contribution in [2.24, 2.45) is 0 Å². The number of ether oxygens (including phenoxy) is 2. The van der Waals surface area contributed by atoms with Crippen LogP contribution in [0.15, 0.2) is 89.4 Å². The summed E-state index contributed by atoms with van der Waals surface area (Å²) in [5.41, 5.74) is 5.17. The highest BCUT2D eigenvalue weighted by atomic mass is 79.9. The first kappa shape index (κ1) is 16.9. The maximum absolute atomic E-state index is 6.44. The van der Waals surface area contributed by atoms with Gasteiger partial charge in [-0.05, 0) is 29.7 Å². The molecule has 0 aliphatic carbocycles. The molecule has 0 N–H and O–H groups in total. The van der Waals surface area contributed by atoms with Gasteiger partial charge in [-0.3, -0.25) is 0 Å². The van der Waals surface area contributed by atoms with E-state index in [1.165, 1.54) is 0 Å². The van der Waals surface area contributed by atoms with Crippen molar-refractivity contribution in [1.29, 1.82) is 0 Å². The lowest BCUT2D eigenvalue weighted by atomic mass is 9.61. The summed E-state index contributed by atoms with van der Waals surface area (Å²) in [5, 5.41) is 0. The summed E-state index contributed by atoms with van der Waals surface area (Å²) in [7, 11) is 2.11. The zero-order valence-corrected chi connectivity index (χ0v) is 17.4. The molecule has 138 valence electrons. The van der Waals surface area contributed by atoms with Crippen LogP contribution in [-0.2, 0) is 5.41 Å². The summed E-state index contributed by atoms with van der Waals surface area (Å²) in [4.78, 5) is 0. The molecule has 1 spiro atoms. The summed E-state index contributed by atoms with van der Waals surface area (Å²) in [5.74, 6) is 3.56. The average molecular weight is 439 g/mol. The van der Waals surface area contributed by atoms with Crippen LogP contribution in [0.2, 0.25) is 0 Å². The Bertz CT molecular complexity index is 1290. The number of benzene rings is 4. The molecule has 0 radical (unpaired) electrons. The van der Waals surface area contributed by atoms with Crippen LogP contribution in [0.4, 0.5) is 0 Å². The molecule has 4 heteroatoms. The largest absolute Gasteiger partial charge is 0.457 e. The van der Waals surface area contributed by atoms with Crippen molar-refractivity contribution in [3.8, 4) is 23.0 Å². The average Bonchev–Trinajstić information content (AvgIpc) is 2.74. The second-order valence-electron chi connectivity index (χ2n) is 7.54. The predicted molar refractivity (Wildman–Crippen MR) is 121 cm³/mol. The number of halogens is 1. The molecule has 0 fully saturated rings. The van der Waals surface area contributed by atoms with Crippen LogP contribution in [0, 0.1) is 0 Å². The second-order valence-corrected chi connectivity index (χ2v) is 8.45. The molecule has 2 aliphatic heterocycles. The lowest BCUT2D eigenvalue weighted by Crippen LogP contribution is -2.38. The van der Waals surface area contributed by atoms with E-state index >= 15 is 0 Å². The highest BCUT2D eigenvalue weighted by Gasteiger charge is 2.50. The lowest BCUT2D eigenvalue weighted by molar-refractivity contribution is 0.401. The second kappa shape index (κ2) is 6.01. The summed E-state index contributed by atoms with van der Waals surface area (Å²) >= 11 is 3.61. The Labute approximate surface area is 178 Å². The zero-order chi connectivity index (χ0) is 19.6. The third kappa shape index (κ3) is 2.18. The molecule has 0 saturated carbocycles. The molecule has 29 heavy (non-hydrogen) atoms. The SMILES string of the molecule is Bc1cccc2c1Oc1ccccc1C21c2ccccc2Oc2cc(Br)ccc21. The molecule has 0 aromatic heterocycles. The first-order valence-corrected chi connectivity index (χ1v) is 10.4. The fourth-order valence-electron chi connectivity index (χ4n) is 4.80. The van der Waals surface area contributed by atoms with Crippen molar-refractivity contribution >= 4 is 29.2 Å². The van der Waals surface area contributed by atoms with Crippen LogP contribution in [0.25, 0.3) is 0 Å². The number of fused-ring (bicyclic) bond motifs is 8. The van der Waals surface area contributed by atoms with Crippen LogP contribution >= 0.6 is 15.9 Å². The minimum Gasteiger partial charge on any atom is -0.457 e. The van der Waals surface area contributed by atoms with Crippen LogP contribution in [-0.4, -0.2) is 7.85 Å². The molecule has 1 atom stereocenters. The quantitative estimate of drug-likeness (QED) is 0.299. The molecule has 2 heterocycles. The fraction of sp³-hybridized carbons (Fsp3) is 0.0400. The Morgan fingerprint density at radius 3 is 2.00 bits per heavy atom. The molecule has 2 aliphatic rings. The van der Waals surface area contributed by atoms with Crippen molar-refractivity contribution in [2.75, 3.05) is 0 Å². The van der Waals surface area contributed by atoms with Crippen LogP contribution in [0.5, 0.6) is 23.0 Å². The van der Waals surface area contributed by atoms with Gasteiger partial charge in [-0.15, -0.1) is 0 Å². The summed E-state index contributed by atoms with van der Waals surface area (Å²) in [6, 6.07) is 29.4. The molecule has 0 saturated heterocycles. The molecule has 4 aromatic carbocycles. The summed E-state index contributed by atoms with van der Waals surface area (Å²) in [6.07, 6.45) is 0. The van der Waals surface area contributed by atoms with E-state index < -0.39 is 5.41 Å². The van der Waals surface area contributed by atoms with Gasteiger partial charge in [0, 0.05) is 26.7 Å². The maximum atomic E-state index is 6.44. The summed E-state index contributed by atoms with van der Waals surface area (Å²) < 4.78 is 13.8. The van der Waals surface area contributed by atoms with Gasteiger partial charge in [0.15, 0.2) is 0 Å². The predicted octanol–water partition coefficient (Wildman–Crippen LogP) is 5.30. The third-order valence-corrected chi connectivity index (χ3v) is 6.47. The van der Waals surface area contributed by atoms with Gasteiger partial charge in [0.25, 0.3) is 0 Å². The van der Waals surface area contributed by atoms with Gasteiger partial charge in [-0.25, -0.2) is 0 Å². The topological polar surface area (TPSA) is 18.5 Å². The van der Waals surface area contributed by atoms with Crippen molar-refractivity contribution in [1.82, 2.24) is 0 Å². The van der Waals surface area contributed by atoms with Gasteiger partial charge < -0.3 is 9.47 Å². The lowest BCUT2D eigenvalue weighted by Gasteiger charge is -2.45. The van der Waals surface area contributed by atoms with Gasteiger partial charge >= 0.3 is 0 Å². The van der Waals surface area contributed by atoms with Crippen molar-refractivity contribution in [2.45, 2.75) is 5.41 Å². The van der Waals surface area contributed by atoms with Gasteiger partial charge in [0.1, 0.15) is 30.8 Å². The molecule has 4 aromatic rings. The molecule has 6 rings (SSSR count). The molecule has 1 unspecified atom stereocenters. The number of para-hydroxylation sites is 3. The van der Waals surface area contributed by atoms with E-state index in [-0.39, 0.29) is 0 Å². The zero-order valence-electron chi connectivity index (χ0n) is 15.8. The Morgan fingerprint density at radius 1 is 0.621 bits per heavy atom. The Hall–Kier alpha value is -2.98. The van der Waals surface area contributed by atoms with E-state index in [0.717, 1.165) is 55.2 Å². The highest BCUT2D eigenvalue weighted by molar-refractivity contribution is 9.10. The standard InChI is InChI=1S/C25H16BBrO2/c26-20-9-5-8-19-24(20)29-22-11-4-2-7-17(22)25(19)16-6-1-3-10-21(16)28-23-14-15(27)12-13-18(23)25/h1-14H,26H2. The van der Waals surface area contributed by atoms with E-state index in [2.05, 4.69) is 96.6 Å². The van der Waals surface area contributed by atoms with Crippen LogP contribution < -0.4 is 14.9 Å². The first-order chi connectivity index (χ1) is 14.2. The fourth-order valence-corrected chi connectivity index (χ4v) is 5.14. The van der Waals surface area contributed by atoms with E-state index in [1.54, 1.807) is 0 Å². The normalized spacial score (nSPS) is 18.0. The van der Waals surface area contributed by atoms with E-state index in [9.17, 15) is 0 Å². The van der Waals surface area contributed by atoms with Gasteiger partial charge in [-0.1, -0.05) is 76.6 Å². The van der Waals surface area contributed by atoms with Crippen molar-refractivity contribution < 1.29 is 9.47 Å². The number of rotatable bonds is 0. The van der Waals surface area contributed by atoms with Gasteiger partial charge in [-0.2, -0.15) is 0 Å². The molecule has 2 nitrogen and oxygen atoms in total. The molecular weight excluding hydrogens is 423 g/mol. The Kier molecular flexibility index (Phi) is 3.51. The minimum absolute atomic E-state index is 0.499. The van der Waals surface area contributed by atoms with Crippen LogP contribution in [0.3, 0.4) is 0 Å². The van der Waals surface area contributed by atoms with E-state index in [4.69, 9.17) is 9.47 Å². The van der Waals surface area contributed by atoms with Gasteiger partial charge in [0.2, 0.25) is 0 Å².